The average Bonchev–Trinajstić information content (AvgIpc) is 2.54. The second-order valence-corrected chi connectivity index (χ2v) is 6.50. The van der Waals surface area contributed by atoms with Gasteiger partial charge in [0.2, 0.25) is 0 Å². The van der Waals surface area contributed by atoms with Crippen LogP contribution < -0.4 is 9.46 Å². The van der Waals surface area contributed by atoms with Crippen LogP contribution in [-0.2, 0) is 10.0 Å². The lowest BCUT2D eigenvalue weighted by Gasteiger charge is -2.10. The van der Waals surface area contributed by atoms with E-state index in [1.54, 1.807) is 6.07 Å². The molecule has 1 N–H and O–H groups in total. The van der Waals surface area contributed by atoms with Gasteiger partial charge in [-0.15, -0.1) is 0 Å². The summed E-state index contributed by atoms with van der Waals surface area (Å²) in [5.74, 6) is -0.761. The van der Waals surface area contributed by atoms with Gasteiger partial charge in [0.25, 0.3) is 10.0 Å². The zero-order chi connectivity index (χ0) is 16.4. The van der Waals surface area contributed by atoms with Crippen LogP contribution in [0.3, 0.4) is 0 Å². The SMILES string of the molecule is COc1cc(S(=O)(=O)Nc2cnc3ccccc3c2)ccc1F. The number of hydrogen-bond donors (Lipinski definition) is 1. The maximum atomic E-state index is 13.4. The van der Waals surface area contributed by atoms with Crippen molar-refractivity contribution in [3.05, 3.63) is 60.5 Å². The molecule has 2 aromatic carbocycles. The molecule has 23 heavy (non-hydrogen) atoms. The number of nitrogens with one attached hydrogen (secondary N) is 1. The normalized spacial score (nSPS) is 11.4. The number of halogens is 1. The van der Waals surface area contributed by atoms with Crippen LogP contribution in [-0.4, -0.2) is 20.5 Å². The van der Waals surface area contributed by atoms with E-state index in [1.807, 2.05) is 24.3 Å². The molecule has 0 radical (unpaired) electrons. The first kappa shape index (κ1) is 15.2. The number of sulfonamides is 1. The van der Waals surface area contributed by atoms with Crippen LogP contribution in [0.25, 0.3) is 10.9 Å². The lowest BCUT2D eigenvalue weighted by Crippen LogP contribution is -2.13. The number of rotatable bonds is 4. The van der Waals surface area contributed by atoms with Gasteiger partial charge in [0.15, 0.2) is 11.6 Å². The molecule has 0 amide bonds. The Balaban J connectivity index is 1.96. The highest BCUT2D eigenvalue weighted by atomic mass is 32.2. The Hall–Kier alpha value is -2.67. The lowest BCUT2D eigenvalue weighted by molar-refractivity contribution is 0.385. The topological polar surface area (TPSA) is 68.3 Å². The van der Waals surface area contributed by atoms with Crippen molar-refractivity contribution in [3.8, 4) is 5.75 Å². The molecule has 0 unspecified atom stereocenters. The van der Waals surface area contributed by atoms with Crippen molar-refractivity contribution < 1.29 is 17.5 Å². The van der Waals surface area contributed by atoms with Crippen molar-refractivity contribution in [2.75, 3.05) is 11.8 Å². The monoisotopic (exact) mass is 332 g/mol. The third kappa shape index (κ3) is 3.09. The lowest BCUT2D eigenvalue weighted by atomic mass is 10.2. The molecule has 5 nitrogen and oxygen atoms in total. The fraction of sp³-hybridized carbons (Fsp3) is 0.0625. The molecule has 0 atom stereocenters. The van der Waals surface area contributed by atoms with E-state index in [2.05, 4.69) is 9.71 Å². The highest BCUT2D eigenvalue weighted by molar-refractivity contribution is 7.92. The van der Waals surface area contributed by atoms with Gasteiger partial charge in [-0.1, -0.05) is 18.2 Å². The average molecular weight is 332 g/mol. The number of ether oxygens (including phenoxy) is 1. The second kappa shape index (κ2) is 5.85. The summed E-state index contributed by atoms with van der Waals surface area (Å²) in [5, 5.41) is 0.810. The van der Waals surface area contributed by atoms with E-state index >= 15 is 0 Å². The fourth-order valence-corrected chi connectivity index (χ4v) is 3.20. The minimum absolute atomic E-state index is 0.0936. The van der Waals surface area contributed by atoms with E-state index in [-0.39, 0.29) is 10.6 Å². The van der Waals surface area contributed by atoms with E-state index < -0.39 is 15.8 Å². The Morgan fingerprint density at radius 2 is 1.91 bits per heavy atom. The third-order valence-corrected chi connectivity index (χ3v) is 4.65. The van der Waals surface area contributed by atoms with E-state index in [1.165, 1.54) is 19.4 Å². The van der Waals surface area contributed by atoms with Crippen LogP contribution in [0, 0.1) is 5.82 Å². The summed E-state index contributed by atoms with van der Waals surface area (Å²) in [6, 6.07) is 12.4. The molecule has 118 valence electrons. The van der Waals surface area contributed by atoms with Crippen LogP contribution >= 0.6 is 0 Å². The largest absolute Gasteiger partial charge is 0.494 e. The molecule has 0 bridgehead atoms. The Kier molecular flexibility index (Phi) is 3.87. The Morgan fingerprint density at radius 1 is 1.13 bits per heavy atom. The number of nitrogens with zero attached hydrogens (tertiary/aromatic N) is 1. The Bertz CT molecular complexity index is 974. The smallest absolute Gasteiger partial charge is 0.262 e. The minimum Gasteiger partial charge on any atom is -0.494 e. The van der Waals surface area contributed by atoms with Gasteiger partial charge in [-0.25, -0.2) is 12.8 Å². The number of fused-ring (bicyclic) bond motifs is 1. The summed E-state index contributed by atoms with van der Waals surface area (Å²) in [6.07, 6.45) is 1.43. The molecule has 0 fully saturated rings. The molecule has 0 saturated carbocycles. The van der Waals surface area contributed by atoms with Gasteiger partial charge < -0.3 is 4.74 Å². The van der Waals surface area contributed by atoms with Crippen LogP contribution in [0.1, 0.15) is 0 Å². The summed E-state index contributed by atoms with van der Waals surface area (Å²) in [7, 11) is -2.59. The van der Waals surface area contributed by atoms with Crippen LogP contribution in [0.4, 0.5) is 10.1 Å². The molecule has 1 aromatic heterocycles. The van der Waals surface area contributed by atoms with Gasteiger partial charge in [-0.05, 0) is 24.3 Å². The van der Waals surface area contributed by atoms with Gasteiger partial charge in [0.1, 0.15) is 0 Å². The number of methoxy groups -OCH3 is 1. The molecule has 1 heterocycles. The first-order valence-corrected chi connectivity index (χ1v) is 8.19. The quantitative estimate of drug-likeness (QED) is 0.797. The first-order chi connectivity index (χ1) is 11.0. The van der Waals surface area contributed by atoms with Crippen LogP contribution in [0.2, 0.25) is 0 Å². The maximum absolute atomic E-state index is 13.4. The van der Waals surface area contributed by atoms with Crippen molar-refractivity contribution in [3.63, 3.8) is 0 Å². The van der Waals surface area contributed by atoms with E-state index in [9.17, 15) is 12.8 Å². The number of aromatic nitrogens is 1. The molecule has 0 saturated heterocycles. The standard InChI is InChI=1S/C16H13FN2O3S/c1-22-16-9-13(6-7-14(16)17)23(20,21)19-12-8-11-4-2-3-5-15(11)18-10-12/h2-10,19H,1H3. The van der Waals surface area contributed by atoms with Crippen molar-refractivity contribution in [1.29, 1.82) is 0 Å². The van der Waals surface area contributed by atoms with E-state index in [0.717, 1.165) is 23.0 Å². The summed E-state index contributed by atoms with van der Waals surface area (Å²) in [6.45, 7) is 0. The molecule has 0 aliphatic rings. The second-order valence-electron chi connectivity index (χ2n) is 4.82. The Labute approximate surface area is 132 Å². The van der Waals surface area contributed by atoms with Gasteiger partial charge in [0, 0.05) is 11.5 Å². The number of hydrogen-bond acceptors (Lipinski definition) is 4. The molecule has 7 heteroatoms. The Morgan fingerprint density at radius 3 is 2.70 bits per heavy atom. The molecule has 0 aliphatic heterocycles. The molecule has 0 spiro atoms. The highest BCUT2D eigenvalue weighted by Gasteiger charge is 2.17. The number of anilines is 1. The highest BCUT2D eigenvalue weighted by Crippen LogP contribution is 2.24. The summed E-state index contributed by atoms with van der Waals surface area (Å²) < 4.78 is 45.4. The first-order valence-electron chi connectivity index (χ1n) is 6.71. The summed E-state index contributed by atoms with van der Waals surface area (Å²) in [5.41, 5.74) is 1.09. The third-order valence-electron chi connectivity index (χ3n) is 3.28. The zero-order valence-corrected chi connectivity index (χ0v) is 13.0. The predicted molar refractivity (Wildman–Crippen MR) is 85.5 cm³/mol. The fourth-order valence-electron chi connectivity index (χ4n) is 2.15. The summed E-state index contributed by atoms with van der Waals surface area (Å²) >= 11 is 0. The molecular weight excluding hydrogens is 319 g/mol. The van der Waals surface area contributed by atoms with Gasteiger partial charge in [-0.2, -0.15) is 0 Å². The van der Waals surface area contributed by atoms with E-state index in [0.29, 0.717) is 5.69 Å². The van der Waals surface area contributed by atoms with Crippen molar-refractivity contribution in [2.45, 2.75) is 4.90 Å². The minimum atomic E-state index is -3.87. The van der Waals surface area contributed by atoms with Crippen LogP contribution in [0.5, 0.6) is 5.75 Å². The number of para-hydroxylation sites is 1. The number of pyridine rings is 1. The van der Waals surface area contributed by atoms with Gasteiger partial charge in [0.05, 0.1) is 29.4 Å². The summed E-state index contributed by atoms with van der Waals surface area (Å²) in [4.78, 5) is 4.10. The molecular formula is C16H13FN2O3S. The number of benzene rings is 2. The van der Waals surface area contributed by atoms with Crippen LogP contribution in [0.15, 0.2) is 59.6 Å². The van der Waals surface area contributed by atoms with Crippen molar-refractivity contribution in [1.82, 2.24) is 4.98 Å². The molecule has 0 aliphatic carbocycles. The van der Waals surface area contributed by atoms with E-state index in [4.69, 9.17) is 4.74 Å². The van der Waals surface area contributed by atoms with Gasteiger partial charge >= 0.3 is 0 Å². The van der Waals surface area contributed by atoms with Crippen molar-refractivity contribution in [2.24, 2.45) is 0 Å². The maximum Gasteiger partial charge on any atom is 0.262 e. The molecule has 3 rings (SSSR count). The van der Waals surface area contributed by atoms with Crippen molar-refractivity contribution >= 4 is 26.6 Å². The zero-order valence-electron chi connectivity index (χ0n) is 12.2. The molecule has 3 aromatic rings. The predicted octanol–water partition coefficient (Wildman–Crippen LogP) is 3.18. The van der Waals surface area contributed by atoms with Gasteiger partial charge in [-0.3, -0.25) is 9.71 Å².